The summed E-state index contributed by atoms with van der Waals surface area (Å²) < 4.78 is 5.22. The zero-order valence-electron chi connectivity index (χ0n) is 7.96. The topological polar surface area (TPSA) is 104 Å². The SMILES string of the molecule is O=C(c1nn[nH]n1)N1CCOC(CO)C1. The van der Waals surface area contributed by atoms with Crippen molar-refractivity contribution in [1.29, 1.82) is 0 Å². The van der Waals surface area contributed by atoms with Gasteiger partial charge in [-0.1, -0.05) is 0 Å². The number of nitrogens with zero attached hydrogens (tertiary/aromatic N) is 4. The Balaban J connectivity index is 2.01. The molecule has 0 aromatic carbocycles. The van der Waals surface area contributed by atoms with Crippen LogP contribution in [0.25, 0.3) is 0 Å². The number of morpholine rings is 1. The molecule has 1 aromatic heterocycles. The van der Waals surface area contributed by atoms with Gasteiger partial charge in [0.05, 0.1) is 19.3 Å². The van der Waals surface area contributed by atoms with E-state index in [1.165, 1.54) is 4.90 Å². The van der Waals surface area contributed by atoms with Crippen LogP contribution in [-0.2, 0) is 4.74 Å². The van der Waals surface area contributed by atoms with Crippen LogP contribution in [0.1, 0.15) is 10.6 Å². The molecule has 82 valence electrons. The number of carbonyl (C=O) groups excluding carboxylic acids is 1. The lowest BCUT2D eigenvalue weighted by Gasteiger charge is -2.31. The number of H-pyrrole nitrogens is 1. The molecule has 1 aromatic rings. The van der Waals surface area contributed by atoms with Crippen LogP contribution in [0.15, 0.2) is 0 Å². The number of rotatable bonds is 2. The number of aliphatic hydroxyl groups is 1. The number of hydrogen-bond donors (Lipinski definition) is 2. The highest BCUT2D eigenvalue weighted by Gasteiger charge is 2.26. The van der Waals surface area contributed by atoms with E-state index in [-0.39, 0.29) is 24.4 Å². The summed E-state index contributed by atoms with van der Waals surface area (Å²) in [5, 5.41) is 21.6. The van der Waals surface area contributed by atoms with Crippen LogP contribution in [0, 0.1) is 0 Å². The second-order valence-electron chi connectivity index (χ2n) is 3.16. The van der Waals surface area contributed by atoms with Gasteiger partial charge in [-0.2, -0.15) is 5.21 Å². The number of aliphatic hydroxyl groups excluding tert-OH is 1. The Morgan fingerprint density at radius 3 is 3.27 bits per heavy atom. The van der Waals surface area contributed by atoms with Crippen LogP contribution in [0.2, 0.25) is 0 Å². The fourth-order valence-corrected chi connectivity index (χ4v) is 1.41. The van der Waals surface area contributed by atoms with Crippen LogP contribution in [0.3, 0.4) is 0 Å². The second kappa shape index (κ2) is 4.32. The quantitative estimate of drug-likeness (QED) is 0.590. The van der Waals surface area contributed by atoms with Crippen molar-refractivity contribution in [2.45, 2.75) is 6.10 Å². The molecule has 0 saturated carbocycles. The minimum absolute atomic E-state index is 0.0357. The van der Waals surface area contributed by atoms with E-state index in [4.69, 9.17) is 9.84 Å². The minimum Gasteiger partial charge on any atom is -0.394 e. The van der Waals surface area contributed by atoms with Crippen molar-refractivity contribution in [1.82, 2.24) is 25.5 Å². The first-order valence-corrected chi connectivity index (χ1v) is 4.56. The lowest BCUT2D eigenvalue weighted by Crippen LogP contribution is -2.47. The zero-order valence-corrected chi connectivity index (χ0v) is 7.96. The fraction of sp³-hybridized carbons (Fsp3) is 0.714. The minimum atomic E-state index is -0.324. The molecular weight excluding hydrogens is 202 g/mol. The normalized spacial score (nSPS) is 21.7. The van der Waals surface area contributed by atoms with E-state index >= 15 is 0 Å². The molecule has 1 fully saturated rings. The van der Waals surface area contributed by atoms with Gasteiger partial charge in [0.1, 0.15) is 0 Å². The first-order valence-electron chi connectivity index (χ1n) is 4.56. The molecule has 2 N–H and O–H groups in total. The smallest absolute Gasteiger partial charge is 0.295 e. The molecule has 0 spiro atoms. The predicted molar refractivity (Wildman–Crippen MR) is 46.9 cm³/mol. The van der Waals surface area contributed by atoms with Crippen LogP contribution >= 0.6 is 0 Å². The molecule has 8 nitrogen and oxygen atoms in total. The summed E-state index contributed by atoms with van der Waals surface area (Å²) in [6.07, 6.45) is -0.324. The van der Waals surface area contributed by atoms with Crippen molar-refractivity contribution >= 4 is 5.91 Å². The molecule has 1 amide bonds. The Morgan fingerprint density at radius 1 is 1.73 bits per heavy atom. The van der Waals surface area contributed by atoms with E-state index in [1.54, 1.807) is 0 Å². The molecule has 1 aliphatic rings. The third-order valence-electron chi connectivity index (χ3n) is 2.17. The van der Waals surface area contributed by atoms with Gasteiger partial charge in [0.25, 0.3) is 11.7 Å². The summed E-state index contributed by atoms with van der Waals surface area (Å²) in [7, 11) is 0. The summed E-state index contributed by atoms with van der Waals surface area (Å²) in [5.41, 5.74) is 0. The molecule has 0 bridgehead atoms. The van der Waals surface area contributed by atoms with Gasteiger partial charge in [-0.15, -0.1) is 10.2 Å². The third kappa shape index (κ3) is 2.10. The van der Waals surface area contributed by atoms with Crippen molar-refractivity contribution in [2.24, 2.45) is 0 Å². The van der Waals surface area contributed by atoms with Crippen molar-refractivity contribution in [3.8, 4) is 0 Å². The second-order valence-corrected chi connectivity index (χ2v) is 3.16. The lowest BCUT2D eigenvalue weighted by atomic mass is 10.3. The Labute approximate surface area is 85.2 Å². The molecule has 15 heavy (non-hydrogen) atoms. The lowest BCUT2D eigenvalue weighted by molar-refractivity contribution is -0.0450. The van der Waals surface area contributed by atoms with E-state index in [0.29, 0.717) is 19.7 Å². The largest absolute Gasteiger partial charge is 0.394 e. The first kappa shape index (κ1) is 9.99. The maximum Gasteiger partial charge on any atom is 0.295 e. The van der Waals surface area contributed by atoms with E-state index in [2.05, 4.69) is 20.6 Å². The van der Waals surface area contributed by atoms with Gasteiger partial charge in [-0.25, -0.2) is 0 Å². The fourth-order valence-electron chi connectivity index (χ4n) is 1.41. The molecule has 1 aliphatic heterocycles. The predicted octanol–water partition coefficient (Wildman–Crippen LogP) is -1.97. The molecule has 8 heteroatoms. The summed E-state index contributed by atoms with van der Waals surface area (Å²) in [6.45, 7) is 1.14. The zero-order chi connectivity index (χ0) is 10.7. The maximum atomic E-state index is 11.7. The molecule has 0 radical (unpaired) electrons. The highest BCUT2D eigenvalue weighted by molar-refractivity contribution is 5.90. The van der Waals surface area contributed by atoms with Crippen LogP contribution in [0.4, 0.5) is 0 Å². The first-order chi connectivity index (χ1) is 7.31. The number of nitrogens with one attached hydrogen (secondary N) is 1. The molecule has 1 atom stereocenters. The van der Waals surface area contributed by atoms with Crippen molar-refractivity contribution in [3.63, 3.8) is 0 Å². The molecule has 1 unspecified atom stereocenters. The van der Waals surface area contributed by atoms with Crippen molar-refractivity contribution in [2.75, 3.05) is 26.3 Å². The molecule has 0 aliphatic carbocycles. The van der Waals surface area contributed by atoms with Gasteiger partial charge < -0.3 is 14.7 Å². The Kier molecular flexibility index (Phi) is 2.88. The number of aromatic nitrogens is 4. The van der Waals surface area contributed by atoms with Crippen LogP contribution in [0.5, 0.6) is 0 Å². The summed E-state index contributed by atoms with van der Waals surface area (Å²) >= 11 is 0. The van der Waals surface area contributed by atoms with Crippen molar-refractivity contribution in [3.05, 3.63) is 5.82 Å². The average molecular weight is 213 g/mol. The third-order valence-corrected chi connectivity index (χ3v) is 2.17. The number of tetrazole rings is 1. The summed E-state index contributed by atoms with van der Waals surface area (Å²) in [5.74, 6) is -0.265. The van der Waals surface area contributed by atoms with Crippen LogP contribution in [-0.4, -0.2) is 68.9 Å². The van der Waals surface area contributed by atoms with Gasteiger partial charge in [0.15, 0.2) is 0 Å². The molecule has 1 saturated heterocycles. The van der Waals surface area contributed by atoms with Crippen molar-refractivity contribution < 1.29 is 14.6 Å². The van der Waals surface area contributed by atoms with E-state index in [1.807, 2.05) is 0 Å². The highest BCUT2D eigenvalue weighted by atomic mass is 16.5. The Bertz CT molecular complexity index is 327. The number of ether oxygens (including phenoxy) is 1. The van der Waals surface area contributed by atoms with E-state index < -0.39 is 0 Å². The van der Waals surface area contributed by atoms with E-state index in [9.17, 15) is 4.79 Å². The molecule has 2 heterocycles. The highest BCUT2D eigenvalue weighted by Crippen LogP contribution is 2.07. The Morgan fingerprint density at radius 2 is 2.60 bits per heavy atom. The average Bonchev–Trinajstić information content (AvgIpc) is 2.81. The maximum absolute atomic E-state index is 11.7. The molecular formula is C7H11N5O3. The van der Waals surface area contributed by atoms with Gasteiger partial charge in [0.2, 0.25) is 0 Å². The number of carbonyl (C=O) groups is 1. The summed E-state index contributed by atoms with van der Waals surface area (Å²) in [4.78, 5) is 13.3. The Hall–Kier alpha value is -1.54. The monoisotopic (exact) mass is 213 g/mol. The summed E-state index contributed by atoms with van der Waals surface area (Å²) in [6, 6.07) is 0. The van der Waals surface area contributed by atoms with Gasteiger partial charge >= 0.3 is 0 Å². The van der Waals surface area contributed by atoms with Gasteiger partial charge in [0, 0.05) is 13.1 Å². The number of hydrogen-bond acceptors (Lipinski definition) is 6. The number of amides is 1. The number of aromatic amines is 1. The van der Waals surface area contributed by atoms with E-state index in [0.717, 1.165) is 0 Å². The van der Waals surface area contributed by atoms with Gasteiger partial charge in [-0.05, 0) is 5.21 Å². The standard InChI is InChI=1S/C7H11N5O3/c13-4-5-3-12(1-2-15-5)7(14)6-8-10-11-9-6/h5,13H,1-4H2,(H,8,9,10,11). The van der Waals surface area contributed by atoms with Crippen LogP contribution < -0.4 is 0 Å². The van der Waals surface area contributed by atoms with Gasteiger partial charge in [-0.3, -0.25) is 4.79 Å². The molecule has 2 rings (SSSR count).